The number of nitrogens with zero attached hydrogens (tertiary/aromatic N) is 1. The Morgan fingerprint density at radius 2 is 1.73 bits per heavy atom. The highest BCUT2D eigenvalue weighted by Crippen LogP contribution is 2.40. The second-order valence-corrected chi connectivity index (χ2v) is 7.77. The Kier molecular flexibility index (Phi) is 7.75. The van der Waals surface area contributed by atoms with Crippen molar-refractivity contribution in [2.24, 2.45) is 0 Å². The zero-order valence-corrected chi connectivity index (χ0v) is 18.4. The normalized spacial score (nSPS) is 18.1. The molecule has 162 valence electrons. The molecule has 0 aliphatic carbocycles. The Balaban J connectivity index is 1.90. The Morgan fingerprint density at radius 1 is 0.967 bits per heavy atom. The van der Waals surface area contributed by atoms with Crippen molar-refractivity contribution in [2.45, 2.75) is 51.6 Å². The fourth-order valence-corrected chi connectivity index (χ4v) is 4.13. The van der Waals surface area contributed by atoms with Gasteiger partial charge in [-0.05, 0) is 49.1 Å². The largest absolute Gasteiger partial charge is 0.494 e. The molecule has 2 aromatic carbocycles. The van der Waals surface area contributed by atoms with Crippen LogP contribution in [0.25, 0.3) is 0 Å². The average Bonchev–Trinajstić information content (AvgIpc) is 2.78. The molecule has 0 saturated heterocycles. The van der Waals surface area contributed by atoms with Gasteiger partial charge in [-0.2, -0.15) is 0 Å². The first-order valence-electron chi connectivity index (χ1n) is 11.1. The van der Waals surface area contributed by atoms with Crippen LogP contribution in [0.3, 0.4) is 0 Å². The van der Waals surface area contributed by atoms with E-state index in [1.54, 1.807) is 7.11 Å². The molecule has 1 aliphatic rings. The topological polar surface area (TPSA) is 50.8 Å². The smallest absolute Gasteiger partial charge is 0.258 e. The number of methoxy groups -OCH3 is 1. The first-order chi connectivity index (χ1) is 14.7. The number of para-hydroxylation sites is 1. The van der Waals surface area contributed by atoms with Gasteiger partial charge in [0.1, 0.15) is 11.4 Å². The number of hydrogen-bond acceptors (Lipinski definition) is 4. The maximum absolute atomic E-state index is 13.4. The molecule has 0 aromatic heterocycles. The monoisotopic (exact) mass is 410 g/mol. The summed E-state index contributed by atoms with van der Waals surface area (Å²) < 4.78 is 11.1. The number of ether oxygens (including phenoxy) is 2. The lowest BCUT2D eigenvalue weighted by molar-refractivity contribution is 0.0451. The van der Waals surface area contributed by atoms with Gasteiger partial charge < -0.3 is 19.7 Å². The molecule has 0 bridgehead atoms. The summed E-state index contributed by atoms with van der Waals surface area (Å²) in [7, 11) is 1.69. The van der Waals surface area contributed by atoms with E-state index in [2.05, 4.69) is 31.3 Å². The van der Waals surface area contributed by atoms with Crippen molar-refractivity contribution < 1.29 is 14.3 Å². The molecule has 0 saturated carbocycles. The van der Waals surface area contributed by atoms with Crippen molar-refractivity contribution >= 4 is 11.6 Å². The molecule has 1 heterocycles. The molecule has 2 aromatic rings. The molecular formula is C25H34N2O3. The van der Waals surface area contributed by atoms with Gasteiger partial charge in [0.05, 0.1) is 12.2 Å². The van der Waals surface area contributed by atoms with Gasteiger partial charge >= 0.3 is 0 Å². The van der Waals surface area contributed by atoms with Gasteiger partial charge in [0.25, 0.3) is 5.91 Å². The summed E-state index contributed by atoms with van der Waals surface area (Å²) in [5.74, 6) is 0.928. The van der Waals surface area contributed by atoms with Crippen molar-refractivity contribution in [1.29, 1.82) is 0 Å². The number of carbonyl (C=O) groups excluding carboxylic acids is 1. The van der Waals surface area contributed by atoms with Crippen LogP contribution in [0, 0.1) is 0 Å². The van der Waals surface area contributed by atoms with Gasteiger partial charge in [0.15, 0.2) is 0 Å². The van der Waals surface area contributed by atoms with E-state index < -0.39 is 5.66 Å². The Labute approximate surface area is 180 Å². The number of rotatable bonds is 11. The quantitative estimate of drug-likeness (QED) is 0.502. The fraction of sp³-hybridized carbons (Fsp3) is 0.480. The third-order valence-electron chi connectivity index (χ3n) is 5.80. The Morgan fingerprint density at radius 3 is 2.43 bits per heavy atom. The summed E-state index contributed by atoms with van der Waals surface area (Å²) >= 11 is 0. The molecule has 30 heavy (non-hydrogen) atoms. The van der Waals surface area contributed by atoms with Gasteiger partial charge in [0.2, 0.25) is 0 Å². The van der Waals surface area contributed by atoms with Crippen LogP contribution in [0.15, 0.2) is 48.5 Å². The molecule has 3 rings (SSSR count). The number of carbonyl (C=O) groups is 1. The highest BCUT2D eigenvalue weighted by molar-refractivity contribution is 6.02. The van der Waals surface area contributed by atoms with E-state index in [1.807, 2.05) is 41.3 Å². The van der Waals surface area contributed by atoms with E-state index >= 15 is 0 Å². The lowest BCUT2D eigenvalue weighted by Gasteiger charge is -2.48. The van der Waals surface area contributed by atoms with Crippen molar-refractivity contribution in [1.82, 2.24) is 4.90 Å². The van der Waals surface area contributed by atoms with Gasteiger partial charge in [-0.3, -0.25) is 4.79 Å². The first-order valence-corrected chi connectivity index (χ1v) is 11.1. The summed E-state index contributed by atoms with van der Waals surface area (Å²) in [6.45, 7) is 6.28. The highest BCUT2D eigenvalue weighted by atomic mass is 16.5. The zero-order chi connectivity index (χ0) is 21.4. The van der Waals surface area contributed by atoms with Crippen LogP contribution in [0.1, 0.15) is 61.9 Å². The molecule has 1 aliphatic heterocycles. The van der Waals surface area contributed by atoms with Crippen LogP contribution < -0.4 is 10.1 Å². The summed E-state index contributed by atoms with van der Waals surface area (Å²) in [5.41, 5.74) is 2.06. The summed E-state index contributed by atoms with van der Waals surface area (Å²) in [6.07, 6.45) is 4.96. The number of nitrogens with one attached hydrogen (secondary N) is 1. The number of amides is 1. The number of fused-ring (bicyclic) bond motifs is 1. The third kappa shape index (κ3) is 4.62. The number of benzene rings is 2. The summed E-state index contributed by atoms with van der Waals surface area (Å²) in [6, 6.07) is 15.9. The van der Waals surface area contributed by atoms with Crippen LogP contribution in [0.5, 0.6) is 5.75 Å². The SMILES string of the molecule is CCCCCOc1ccc(C2(CC)Nc3ccccc3C(=O)N2CCCOC)cc1. The minimum atomic E-state index is -0.597. The Bertz CT molecular complexity index is 821. The third-order valence-corrected chi connectivity index (χ3v) is 5.80. The van der Waals surface area contributed by atoms with E-state index in [4.69, 9.17) is 9.47 Å². The Hall–Kier alpha value is -2.53. The fourth-order valence-electron chi connectivity index (χ4n) is 4.13. The molecule has 5 nitrogen and oxygen atoms in total. The van der Waals surface area contributed by atoms with Gasteiger partial charge in [-0.1, -0.05) is 51.0 Å². The molecule has 0 radical (unpaired) electrons. The van der Waals surface area contributed by atoms with Gasteiger partial charge in [-0.15, -0.1) is 0 Å². The van der Waals surface area contributed by atoms with Gasteiger partial charge in [0, 0.05) is 25.9 Å². The minimum Gasteiger partial charge on any atom is -0.494 e. The average molecular weight is 411 g/mol. The maximum atomic E-state index is 13.4. The van der Waals surface area contributed by atoms with Crippen molar-refractivity contribution in [2.75, 3.05) is 32.2 Å². The summed E-state index contributed by atoms with van der Waals surface area (Å²) in [4.78, 5) is 15.4. The molecule has 5 heteroatoms. The van der Waals surface area contributed by atoms with Crippen LogP contribution in [-0.4, -0.2) is 37.7 Å². The second-order valence-electron chi connectivity index (χ2n) is 7.77. The number of anilines is 1. The van der Waals surface area contributed by atoms with Gasteiger partial charge in [-0.25, -0.2) is 0 Å². The van der Waals surface area contributed by atoms with Crippen LogP contribution in [0.4, 0.5) is 5.69 Å². The van der Waals surface area contributed by atoms with Crippen LogP contribution in [-0.2, 0) is 10.4 Å². The van der Waals surface area contributed by atoms with E-state index in [1.165, 1.54) is 12.8 Å². The zero-order valence-electron chi connectivity index (χ0n) is 18.4. The predicted molar refractivity (Wildman–Crippen MR) is 121 cm³/mol. The minimum absolute atomic E-state index is 0.0576. The summed E-state index contributed by atoms with van der Waals surface area (Å²) in [5, 5.41) is 3.69. The number of unbranched alkanes of at least 4 members (excludes halogenated alkanes) is 2. The molecular weight excluding hydrogens is 376 g/mol. The lowest BCUT2D eigenvalue weighted by atomic mass is 9.89. The molecule has 0 spiro atoms. The molecule has 1 atom stereocenters. The highest BCUT2D eigenvalue weighted by Gasteiger charge is 2.44. The van der Waals surface area contributed by atoms with E-state index in [0.29, 0.717) is 13.2 Å². The van der Waals surface area contributed by atoms with Crippen molar-refractivity contribution in [3.05, 3.63) is 59.7 Å². The molecule has 1 unspecified atom stereocenters. The molecule has 1 amide bonds. The second kappa shape index (κ2) is 10.5. The lowest BCUT2D eigenvalue weighted by Crippen LogP contribution is -2.57. The van der Waals surface area contributed by atoms with E-state index in [0.717, 1.165) is 48.4 Å². The predicted octanol–water partition coefficient (Wildman–Crippen LogP) is 5.42. The maximum Gasteiger partial charge on any atom is 0.258 e. The first kappa shape index (κ1) is 22.2. The molecule has 0 fully saturated rings. The molecule has 1 N–H and O–H groups in total. The van der Waals surface area contributed by atoms with Crippen LogP contribution >= 0.6 is 0 Å². The van der Waals surface area contributed by atoms with E-state index in [-0.39, 0.29) is 5.91 Å². The van der Waals surface area contributed by atoms with Crippen molar-refractivity contribution in [3.63, 3.8) is 0 Å². The number of hydrogen-bond donors (Lipinski definition) is 1. The van der Waals surface area contributed by atoms with Crippen molar-refractivity contribution in [3.8, 4) is 5.75 Å². The van der Waals surface area contributed by atoms with Crippen LogP contribution in [0.2, 0.25) is 0 Å². The standard InChI is InChI=1S/C25H34N2O3/c1-4-6-9-19-30-21-15-13-20(14-16-21)25(5-2)26-23-12-8-7-11-22(23)24(28)27(25)17-10-18-29-3/h7-8,11-16,26H,4-6,9-10,17-19H2,1-3H3. The van der Waals surface area contributed by atoms with E-state index in [9.17, 15) is 4.79 Å².